The lowest BCUT2D eigenvalue weighted by molar-refractivity contribution is -0.141. The van der Waals surface area contributed by atoms with Gasteiger partial charge in [0.1, 0.15) is 0 Å². The molecule has 3 nitrogen and oxygen atoms in total. The number of aromatic nitrogens is 1. The first-order valence-electron chi connectivity index (χ1n) is 3.93. The number of carboxylic acids is 1. The molecule has 0 aliphatic heterocycles. The fourth-order valence-electron chi connectivity index (χ4n) is 1.59. The topological polar surface area (TPSA) is 50.2 Å². The third-order valence-corrected chi connectivity index (χ3v) is 2.24. The van der Waals surface area contributed by atoms with Crippen LogP contribution in [-0.2, 0) is 17.6 Å². The second-order valence-electron chi connectivity index (χ2n) is 3.05. The van der Waals surface area contributed by atoms with Crippen LogP contribution >= 0.6 is 0 Å². The van der Waals surface area contributed by atoms with Crippen LogP contribution in [0.3, 0.4) is 0 Å². The van der Waals surface area contributed by atoms with E-state index in [4.69, 9.17) is 5.11 Å². The van der Waals surface area contributed by atoms with Crippen LogP contribution < -0.4 is 0 Å². The minimum absolute atomic E-state index is 0.255. The van der Waals surface area contributed by atoms with Crippen molar-refractivity contribution in [3.63, 3.8) is 0 Å². The van der Waals surface area contributed by atoms with Crippen LogP contribution in [0.25, 0.3) is 0 Å². The number of aliphatic carboxylic acids is 1. The summed E-state index contributed by atoms with van der Waals surface area (Å²) in [6.07, 6.45) is 2.94. The third kappa shape index (κ3) is 1.07. The van der Waals surface area contributed by atoms with E-state index in [1.807, 2.05) is 12.1 Å². The quantitative estimate of drug-likeness (QED) is 0.668. The highest BCUT2D eigenvalue weighted by Crippen LogP contribution is 2.24. The highest BCUT2D eigenvalue weighted by molar-refractivity contribution is 5.72. The van der Waals surface area contributed by atoms with Crippen LogP contribution in [0.4, 0.5) is 0 Å². The van der Waals surface area contributed by atoms with Crippen molar-refractivity contribution in [3.8, 4) is 0 Å². The zero-order valence-corrected chi connectivity index (χ0v) is 6.53. The second kappa shape index (κ2) is 2.59. The van der Waals surface area contributed by atoms with E-state index in [1.165, 1.54) is 0 Å². The van der Waals surface area contributed by atoms with Crippen molar-refractivity contribution in [2.45, 2.75) is 12.8 Å². The molecule has 1 atom stereocenters. The molecule has 2 rings (SSSR count). The fourth-order valence-corrected chi connectivity index (χ4v) is 1.59. The summed E-state index contributed by atoms with van der Waals surface area (Å²) in [6, 6.07) is 3.80. The molecule has 1 aromatic rings. The lowest BCUT2D eigenvalue weighted by Crippen LogP contribution is -2.12. The van der Waals surface area contributed by atoms with Gasteiger partial charge in [-0.2, -0.15) is 0 Å². The van der Waals surface area contributed by atoms with Crippen molar-refractivity contribution in [2.75, 3.05) is 0 Å². The predicted octanol–water partition coefficient (Wildman–Crippen LogP) is 0.881. The van der Waals surface area contributed by atoms with E-state index in [0.29, 0.717) is 12.8 Å². The van der Waals surface area contributed by atoms with Crippen molar-refractivity contribution >= 4 is 5.97 Å². The van der Waals surface area contributed by atoms with Crippen LogP contribution in [0.15, 0.2) is 18.3 Å². The summed E-state index contributed by atoms with van der Waals surface area (Å²) in [6.45, 7) is 0. The van der Waals surface area contributed by atoms with E-state index in [0.717, 1.165) is 11.3 Å². The maximum Gasteiger partial charge on any atom is 0.307 e. The van der Waals surface area contributed by atoms with Gasteiger partial charge in [0.15, 0.2) is 0 Å². The Morgan fingerprint density at radius 2 is 2.42 bits per heavy atom. The summed E-state index contributed by atoms with van der Waals surface area (Å²) in [5.41, 5.74) is 2.04. The number of hydrogen-bond acceptors (Lipinski definition) is 2. The Hall–Kier alpha value is -1.38. The van der Waals surface area contributed by atoms with Gasteiger partial charge in [0.05, 0.1) is 5.92 Å². The van der Waals surface area contributed by atoms with Crippen LogP contribution in [-0.4, -0.2) is 16.1 Å². The van der Waals surface area contributed by atoms with E-state index in [-0.39, 0.29) is 5.92 Å². The lowest BCUT2D eigenvalue weighted by Gasteiger charge is -1.98. The molecule has 1 aliphatic rings. The Morgan fingerprint density at radius 3 is 3.08 bits per heavy atom. The first kappa shape index (κ1) is 7.28. The largest absolute Gasteiger partial charge is 0.481 e. The SMILES string of the molecule is O=C(O)[C@@H]1Cc2cccnc2C1. The Kier molecular flexibility index (Phi) is 1.57. The van der Waals surface area contributed by atoms with E-state index < -0.39 is 5.97 Å². The average molecular weight is 163 g/mol. The molecule has 0 spiro atoms. The molecule has 1 heterocycles. The van der Waals surface area contributed by atoms with Gasteiger partial charge in [0.2, 0.25) is 0 Å². The molecule has 0 unspecified atom stereocenters. The molecule has 0 bridgehead atoms. The normalized spacial score (nSPS) is 20.5. The molecule has 1 aromatic heterocycles. The van der Waals surface area contributed by atoms with E-state index in [1.54, 1.807) is 6.20 Å². The van der Waals surface area contributed by atoms with Crippen LogP contribution in [0.1, 0.15) is 11.3 Å². The standard InChI is InChI=1S/C9H9NO2/c11-9(12)7-4-6-2-1-3-10-8(6)5-7/h1-3,7H,4-5H2,(H,11,12)/t7-/m1/s1. The van der Waals surface area contributed by atoms with Gasteiger partial charge in [-0.3, -0.25) is 9.78 Å². The molecule has 0 amide bonds. The van der Waals surface area contributed by atoms with Crippen molar-refractivity contribution in [1.29, 1.82) is 0 Å². The second-order valence-corrected chi connectivity index (χ2v) is 3.05. The summed E-state index contributed by atoms with van der Waals surface area (Å²) < 4.78 is 0. The summed E-state index contributed by atoms with van der Waals surface area (Å²) in [5, 5.41) is 8.76. The van der Waals surface area contributed by atoms with Gasteiger partial charge >= 0.3 is 5.97 Å². The van der Waals surface area contributed by atoms with Gasteiger partial charge in [-0.05, 0) is 18.1 Å². The predicted molar refractivity (Wildman–Crippen MR) is 42.8 cm³/mol. The maximum atomic E-state index is 10.6. The fraction of sp³-hybridized carbons (Fsp3) is 0.333. The highest BCUT2D eigenvalue weighted by atomic mass is 16.4. The molecule has 0 saturated carbocycles. The van der Waals surface area contributed by atoms with Gasteiger partial charge in [-0.1, -0.05) is 6.07 Å². The Balaban J connectivity index is 2.27. The summed E-state index contributed by atoms with van der Waals surface area (Å²) >= 11 is 0. The Morgan fingerprint density at radius 1 is 1.58 bits per heavy atom. The number of nitrogens with zero attached hydrogens (tertiary/aromatic N) is 1. The summed E-state index contributed by atoms with van der Waals surface area (Å²) in [5.74, 6) is -0.970. The zero-order chi connectivity index (χ0) is 8.55. The van der Waals surface area contributed by atoms with Crippen LogP contribution in [0.2, 0.25) is 0 Å². The average Bonchev–Trinajstić information content (AvgIpc) is 2.46. The summed E-state index contributed by atoms with van der Waals surface area (Å²) in [4.78, 5) is 14.8. The Bertz CT molecular complexity index is 297. The highest BCUT2D eigenvalue weighted by Gasteiger charge is 2.27. The number of fused-ring (bicyclic) bond motifs is 1. The van der Waals surface area contributed by atoms with Crippen molar-refractivity contribution in [3.05, 3.63) is 29.6 Å². The number of hydrogen-bond donors (Lipinski definition) is 1. The molecule has 0 radical (unpaired) electrons. The summed E-state index contributed by atoms with van der Waals surface area (Å²) in [7, 11) is 0. The van der Waals surface area contributed by atoms with Crippen LogP contribution in [0.5, 0.6) is 0 Å². The molecule has 3 heteroatoms. The van der Waals surface area contributed by atoms with Gasteiger partial charge < -0.3 is 5.11 Å². The third-order valence-electron chi connectivity index (χ3n) is 2.24. The lowest BCUT2D eigenvalue weighted by atomic mass is 10.1. The molecule has 1 aliphatic carbocycles. The molecular formula is C9H9NO2. The van der Waals surface area contributed by atoms with Gasteiger partial charge in [0.25, 0.3) is 0 Å². The number of carbonyl (C=O) groups is 1. The maximum absolute atomic E-state index is 10.6. The van der Waals surface area contributed by atoms with Crippen molar-refractivity contribution in [1.82, 2.24) is 4.98 Å². The van der Waals surface area contributed by atoms with Gasteiger partial charge in [-0.25, -0.2) is 0 Å². The van der Waals surface area contributed by atoms with Crippen molar-refractivity contribution in [2.24, 2.45) is 5.92 Å². The minimum atomic E-state index is -0.715. The van der Waals surface area contributed by atoms with Crippen LogP contribution in [0, 0.1) is 5.92 Å². The van der Waals surface area contributed by atoms with Gasteiger partial charge in [-0.15, -0.1) is 0 Å². The first-order chi connectivity index (χ1) is 5.77. The molecule has 12 heavy (non-hydrogen) atoms. The smallest absolute Gasteiger partial charge is 0.307 e. The van der Waals surface area contributed by atoms with Gasteiger partial charge in [0, 0.05) is 18.3 Å². The zero-order valence-electron chi connectivity index (χ0n) is 6.53. The molecule has 0 saturated heterocycles. The molecule has 0 aromatic carbocycles. The number of pyridine rings is 1. The number of carboxylic acid groups (broad SMARTS) is 1. The first-order valence-corrected chi connectivity index (χ1v) is 3.93. The monoisotopic (exact) mass is 163 g/mol. The van der Waals surface area contributed by atoms with E-state index in [9.17, 15) is 4.79 Å². The minimum Gasteiger partial charge on any atom is -0.481 e. The Labute approximate surface area is 70.1 Å². The molecular weight excluding hydrogens is 154 g/mol. The number of rotatable bonds is 1. The molecule has 62 valence electrons. The molecule has 0 fully saturated rings. The van der Waals surface area contributed by atoms with E-state index in [2.05, 4.69) is 4.98 Å². The van der Waals surface area contributed by atoms with Crippen molar-refractivity contribution < 1.29 is 9.90 Å². The molecule has 1 N–H and O–H groups in total. The van der Waals surface area contributed by atoms with E-state index >= 15 is 0 Å².